The van der Waals surface area contributed by atoms with E-state index in [-0.39, 0.29) is 11.7 Å². The summed E-state index contributed by atoms with van der Waals surface area (Å²) in [5.74, 6) is 0.882. The molecule has 0 bridgehead atoms. The zero-order chi connectivity index (χ0) is 15.5. The van der Waals surface area contributed by atoms with Crippen LogP contribution in [0.15, 0.2) is 24.5 Å². The lowest BCUT2D eigenvalue weighted by Crippen LogP contribution is -2.25. The van der Waals surface area contributed by atoms with Gasteiger partial charge < -0.3 is 4.74 Å². The lowest BCUT2D eigenvalue weighted by Gasteiger charge is -2.15. The Morgan fingerprint density at radius 1 is 1.36 bits per heavy atom. The summed E-state index contributed by atoms with van der Waals surface area (Å²) in [4.78, 5) is 18.9. The van der Waals surface area contributed by atoms with Crippen molar-refractivity contribution in [1.29, 1.82) is 0 Å². The van der Waals surface area contributed by atoms with Crippen molar-refractivity contribution in [3.05, 3.63) is 30.2 Å². The van der Waals surface area contributed by atoms with Crippen molar-refractivity contribution >= 4 is 11.4 Å². The third kappa shape index (κ3) is 3.14. The number of aromatic nitrogens is 2. The molecule has 3 rings (SSSR count). The van der Waals surface area contributed by atoms with Gasteiger partial charge in [-0.1, -0.05) is 13.8 Å². The third-order valence-corrected chi connectivity index (χ3v) is 4.14. The monoisotopic (exact) mass is 301 g/mol. The second kappa shape index (κ2) is 6.48. The maximum Gasteiger partial charge on any atom is 0.183 e. The first-order chi connectivity index (χ1) is 10.6. The van der Waals surface area contributed by atoms with Crippen molar-refractivity contribution in [3.63, 3.8) is 0 Å². The number of fused-ring (bicyclic) bond motifs is 1. The summed E-state index contributed by atoms with van der Waals surface area (Å²) in [6, 6.07) is 3.79. The van der Waals surface area contributed by atoms with Gasteiger partial charge in [0, 0.05) is 24.7 Å². The topological polar surface area (TPSA) is 46.8 Å². The van der Waals surface area contributed by atoms with Crippen LogP contribution in [0.25, 0.3) is 5.65 Å². The number of carbonyl (C=O) groups is 1. The van der Waals surface area contributed by atoms with Crippen molar-refractivity contribution < 1.29 is 9.53 Å². The van der Waals surface area contributed by atoms with Crippen molar-refractivity contribution in [2.24, 2.45) is 5.92 Å². The minimum atomic E-state index is -0.0312. The summed E-state index contributed by atoms with van der Waals surface area (Å²) in [7, 11) is 0. The van der Waals surface area contributed by atoms with Gasteiger partial charge in [-0.2, -0.15) is 0 Å². The van der Waals surface area contributed by atoms with Gasteiger partial charge in [-0.3, -0.25) is 14.1 Å². The number of hydrogen-bond acceptors (Lipinski definition) is 4. The maximum atomic E-state index is 12.1. The van der Waals surface area contributed by atoms with Crippen molar-refractivity contribution in [1.82, 2.24) is 14.3 Å². The van der Waals surface area contributed by atoms with Crippen molar-refractivity contribution in [2.45, 2.75) is 26.7 Å². The Morgan fingerprint density at radius 2 is 2.14 bits per heavy atom. The number of likely N-dealkylation sites (tertiary alicyclic amines) is 1. The van der Waals surface area contributed by atoms with E-state index in [1.807, 2.05) is 36.6 Å². The number of nitrogens with zero attached hydrogens (tertiary/aromatic N) is 3. The van der Waals surface area contributed by atoms with Crippen LogP contribution in [0.4, 0.5) is 0 Å². The molecule has 2 aromatic rings. The molecule has 22 heavy (non-hydrogen) atoms. The number of carbonyl (C=O) groups excluding carboxylic acids is 1. The molecule has 0 atom stereocenters. The fraction of sp³-hybridized carbons (Fsp3) is 0.529. The van der Waals surface area contributed by atoms with Crippen LogP contribution in [-0.4, -0.2) is 46.3 Å². The van der Waals surface area contributed by atoms with Gasteiger partial charge in [0.1, 0.15) is 23.7 Å². The smallest absolute Gasteiger partial charge is 0.183 e. The van der Waals surface area contributed by atoms with Crippen LogP contribution < -0.4 is 4.74 Å². The Kier molecular flexibility index (Phi) is 4.43. The van der Waals surface area contributed by atoms with Gasteiger partial charge >= 0.3 is 0 Å². The van der Waals surface area contributed by atoms with Gasteiger partial charge in [-0.15, -0.1) is 0 Å². The molecule has 0 amide bonds. The molecule has 1 saturated heterocycles. The second-order valence-corrected chi connectivity index (χ2v) is 6.15. The molecular weight excluding hydrogens is 278 g/mol. The largest absolute Gasteiger partial charge is 0.492 e. The molecule has 2 aromatic heterocycles. The first-order valence-electron chi connectivity index (χ1n) is 8.01. The van der Waals surface area contributed by atoms with E-state index in [4.69, 9.17) is 4.74 Å². The molecular formula is C17H23N3O2. The first-order valence-corrected chi connectivity index (χ1v) is 8.01. The number of ketones is 1. The van der Waals surface area contributed by atoms with Gasteiger partial charge in [0.15, 0.2) is 5.78 Å². The molecule has 3 heterocycles. The van der Waals surface area contributed by atoms with Gasteiger partial charge in [0.25, 0.3) is 0 Å². The average Bonchev–Trinajstić information content (AvgIpc) is 3.15. The number of rotatable bonds is 6. The predicted octanol–water partition coefficient (Wildman–Crippen LogP) is 2.65. The van der Waals surface area contributed by atoms with Gasteiger partial charge in [-0.25, -0.2) is 4.98 Å². The van der Waals surface area contributed by atoms with Crippen LogP contribution in [0, 0.1) is 5.92 Å². The van der Waals surface area contributed by atoms with E-state index in [1.54, 1.807) is 6.20 Å². The second-order valence-electron chi connectivity index (χ2n) is 6.15. The quantitative estimate of drug-likeness (QED) is 0.770. The number of pyridine rings is 1. The van der Waals surface area contributed by atoms with E-state index in [2.05, 4.69) is 9.88 Å². The Hall–Kier alpha value is -1.88. The van der Waals surface area contributed by atoms with Crippen LogP contribution in [0.5, 0.6) is 5.75 Å². The summed E-state index contributed by atoms with van der Waals surface area (Å²) in [6.07, 6.45) is 6.11. The number of hydrogen-bond donors (Lipinski definition) is 0. The van der Waals surface area contributed by atoms with E-state index in [9.17, 15) is 4.79 Å². The molecule has 0 spiro atoms. The highest BCUT2D eigenvalue weighted by atomic mass is 16.5. The highest BCUT2D eigenvalue weighted by molar-refractivity contribution is 5.96. The molecule has 5 nitrogen and oxygen atoms in total. The molecule has 1 aliphatic rings. The highest BCUT2D eigenvalue weighted by Crippen LogP contribution is 2.17. The Labute approximate surface area is 130 Å². The van der Waals surface area contributed by atoms with Crippen LogP contribution in [0.1, 0.15) is 37.2 Å². The average molecular weight is 301 g/mol. The van der Waals surface area contributed by atoms with E-state index in [1.165, 1.54) is 25.9 Å². The minimum Gasteiger partial charge on any atom is -0.492 e. The standard InChI is InChI=1S/C17H23N3O2/c1-13(2)17(21)15-12-18-16-11-14(5-8-20(15)16)22-10-9-19-6-3-4-7-19/h5,8,11-13H,3-4,6-7,9-10H2,1-2H3. The zero-order valence-corrected chi connectivity index (χ0v) is 13.3. The third-order valence-electron chi connectivity index (χ3n) is 4.14. The first kappa shape index (κ1) is 15.0. The van der Waals surface area contributed by atoms with E-state index in [0.29, 0.717) is 12.3 Å². The highest BCUT2D eigenvalue weighted by Gasteiger charge is 2.16. The van der Waals surface area contributed by atoms with Crippen LogP contribution in [0.3, 0.4) is 0 Å². The minimum absolute atomic E-state index is 0.0312. The van der Waals surface area contributed by atoms with Gasteiger partial charge in [0.05, 0.1) is 6.20 Å². The van der Waals surface area contributed by atoms with Gasteiger partial charge in [0.2, 0.25) is 0 Å². The molecule has 1 aliphatic heterocycles. The molecule has 118 valence electrons. The fourth-order valence-electron chi connectivity index (χ4n) is 2.83. The SMILES string of the molecule is CC(C)C(=O)c1cnc2cc(OCCN3CCCC3)ccn12. The summed E-state index contributed by atoms with van der Waals surface area (Å²) in [6.45, 7) is 7.83. The van der Waals surface area contributed by atoms with Crippen LogP contribution in [-0.2, 0) is 0 Å². The fourth-order valence-corrected chi connectivity index (χ4v) is 2.83. The number of Topliss-reactive ketones (excluding diaryl/α,β-unsaturated/α-hetero) is 1. The normalized spacial score (nSPS) is 15.8. The lowest BCUT2D eigenvalue weighted by atomic mass is 10.1. The predicted molar refractivity (Wildman–Crippen MR) is 85.5 cm³/mol. The molecule has 0 N–H and O–H groups in total. The van der Waals surface area contributed by atoms with Crippen molar-refractivity contribution in [2.75, 3.05) is 26.2 Å². The summed E-state index contributed by atoms with van der Waals surface area (Å²) < 4.78 is 7.64. The molecule has 5 heteroatoms. The molecule has 0 unspecified atom stereocenters. The maximum absolute atomic E-state index is 12.1. The molecule has 1 fully saturated rings. The van der Waals surface area contributed by atoms with Gasteiger partial charge in [-0.05, 0) is 32.0 Å². The zero-order valence-electron chi connectivity index (χ0n) is 13.3. The van der Waals surface area contributed by atoms with E-state index < -0.39 is 0 Å². The lowest BCUT2D eigenvalue weighted by molar-refractivity contribution is 0.0933. The molecule has 0 aliphatic carbocycles. The van der Waals surface area contributed by atoms with Crippen LogP contribution >= 0.6 is 0 Å². The summed E-state index contributed by atoms with van der Waals surface area (Å²) in [5, 5.41) is 0. The summed E-state index contributed by atoms with van der Waals surface area (Å²) in [5.41, 5.74) is 1.39. The number of ether oxygens (including phenoxy) is 1. The molecule has 0 saturated carbocycles. The number of imidazole rings is 1. The summed E-state index contributed by atoms with van der Waals surface area (Å²) >= 11 is 0. The Morgan fingerprint density at radius 3 is 2.86 bits per heavy atom. The Bertz CT molecular complexity index is 657. The Balaban J connectivity index is 1.67. The molecule has 0 radical (unpaired) electrons. The molecule has 0 aromatic carbocycles. The van der Waals surface area contributed by atoms with Crippen LogP contribution in [0.2, 0.25) is 0 Å². The van der Waals surface area contributed by atoms with Crippen molar-refractivity contribution in [3.8, 4) is 5.75 Å². The van der Waals surface area contributed by atoms with E-state index >= 15 is 0 Å². The van der Waals surface area contributed by atoms with E-state index in [0.717, 1.165) is 17.9 Å².